The number of ether oxygens (including phenoxy) is 1. The minimum absolute atomic E-state index is 0.159. The molecule has 4 rings (SSSR count). The first kappa shape index (κ1) is 22.2. The molecular weight excluding hydrogens is 438 g/mol. The van der Waals surface area contributed by atoms with Crippen LogP contribution in [0.3, 0.4) is 0 Å². The van der Waals surface area contributed by atoms with Gasteiger partial charge in [0, 0.05) is 33.5 Å². The number of nitrogens with one attached hydrogen (secondary N) is 1. The summed E-state index contributed by atoms with van der Waals surface area (Å²) in [5.74, 6) is -1.32. The summed E-state index contributed by atoms with van der Waals surface area (Å²) in [6.45, 7) is 3.08. The Balaban J connectivity index is 1.41. The number of benzene rings is 2. The van der Waals surface area contributed by atoms with E-state index in [2.05, 4.69) is 10.4 Å². The van der Waals surface area contributed by atoms with Crippen molar-refractivity contribution >= 4 is 29.0 Å². The van der Waals surface area contributed by atoms with Gasteiger partial charge in [-0.05, 0) is 32.0 Å². The first-order chi connectivity index (χ1) is 15.9. The van der Waals surface area contributed by atoms with Crippen molar-refractivity contribution in [2.24, 2.45) is 0 Å². The fourth-order valence-corrected chi connectivity index (χ4v) is 4.13. The van der Waals surface area contributed by atoms with Gasteiger partial charge in [0.05, 0.1) is 0 Å². The van der Waals surface area contributed by atoms with Gasteiger partial charge in [-0.2, -0.15) is 0 Å². The number of amides is 1. The molecule has 4 aromatic rings. The SMILES string of the molecule is Cc1cc(C(=O)COC(=O)c2csc(-c3ccccc3)n2)c(C)n1NC(=O)c1ccccc1. The molecule has 0 aliphatic carbocycles. The van der Waals surface area contributed by atoms with Gasteiger partial charge in [0.15, 0.2) is 12.3 Å². The van der Waals surface area contributed by atoms with Gasteiger partial charge in [-0.25, -0.2) is 9.78 Å². The summed E-state index contributed by atoms with van der Waals surface area (Å²) in [5, 5.41) is 2.31. The van der Waals surface area contributed by atoms with Crippen molar-refractivity contribution in [3.05, 3.63) is 100 Å². The number of hydrogen-bond donors (Lipinski definition) is 1. The highest BCUT2D eigenvalue weighted by Gasteiger charge is 2.20. The molecule has 0 fully saturated rings. The summed E-state index contributed by atoms with van der Waals surface area (Å²) < 4.78 is 6.76. The quantitative estimate of drug-likeness (QED) is 0.321. The second kappa shape index (κ2) is 9.62. The first-order valence-corrected chi connectivity index (χ1v) is 11.1. The molecule has 2 aromatic carbocycles. The van der Waals surface area contributed by atoms with Crippen LogP contribution in [0.2, 0.25) is 0 Å². The molecule has 0 aliphatic rings. The third-order valence-electron chi connectivity index (χ3n) is 5.05. The molecule has 0 radical (unpaired) electrons. The molecule has 1 N–H and O–H groups in total. The summed E-state index contributed by atoms with van der Waals surface area (Å²) in [5.41, 5.74) is 5.96. The Labute approximate surface area is 194 Å². The van der Waals surface area contributed by atoms with Crippen molar-refractivity contribution in [3.8, 4) is 10.6 Å². The Kier molecular flexibility index (Phi) is 6.46. The van der Waals surface area contributed by atoms with E-state index < -0.39 is 12.6 Å². The maximum atomic E-state index is 12.7. The van der Waals surface area contributed by atoms with Crippen LogP contribution >= 0.6 is 11.3 Å². The lowest BCUT2D eigenvalue weighted by molar-refractivity contribution is 0.0469. The number of aryl methyl sites for hydroxylation is 1. The van der Waals surface area contributed by atoms with E-state index in [1.165, 1.54) is 11.3 Å². The molecule has 2 aromatic heterocycles. The highest BCUT2D eigenvalue weighted by Crippen LogP contribution is 2.23. The Bertz CT molecular complexity index is 1310. The summed E-state index contributed by atoms with van der Waals surface area (Å²) in [6.07, 6.45) is 0. The number of rotatable bonds is 7. The van der Waals surface area contributed by atoms with Crippen LogP contribution in [0.4, 0.5) is 0 Å². The smallest absolute Gasteiger partial charge is 0.358 e. The average molecular weight is 460 g/mol. The van der Waals surface area contributed by atoms with Gasteiger partial charge in [-0.15, -0.1) is 11.3 Å². The fraction of sp³-hybridized carbons (Fsp3) is 0.120. The van der Waals surface area contributed by atoms with E-state index in [9.17, 15) is 14.4 Å². The lowest BCUT2D eigenvalue weighted by Gasteiger charge is -2.11. The molecule has 0 unspecified atom stereocenters. The molecule has 0 saturated heterocycles. The van der Waals surface area contributed by atoms with Crippen LogP contribution in [0.25, 0.3) is 10.6 Å². The number of Topliss-reactive ketones (excluding diaryl/α,β-unsaturated/α-hetero) is 1. The number of aromatic nitrogens is 2. The van der Waals surface area contributed by atoms with E-state index in [-0.39, 0.29) is 17.4 Å². The number of esters is 1. The zero-order valence-electron chi connectivity index (χ0n) is 18.1. The minimum atomic E-state index is -0.659. The average Bonchev–Trinajstić information content (AvgIpc) is 3.44. The number of nitrogens with zero attached hydrogens (tertiary/aromatic N) is 2. The number of carbonyl (C=O) groups is 3. The lowest BCUT2D eigenvalue weighted by atomic mass is 10.1. The standard InChI is InChI=1S/C25H21N3O4S/c1-16-13-20(17(2)28(16)27-23(30)18-9-5-3-6-10-18)22(29)14-32-25(31)21-15-33-24(26-21)19-11-7-4-8-12-19/h3-13,15H,14H2,1-2H3,(H,27,30). The number of carbonyl (C=O) groups excluding carboxylic acids is 3. The normalized spacial score (nSPS) is 10.6. The molecule has 1 amide bonds. The van der Waals surface area contributed by atoms with Crippen LogP contribution in [0, 0.1) is 13.8 Å². The Morgan fingerprint density at radius 3 is 2.36 bits per heavy atom. The molecule has 2 heterocycles. The molecule has 33 heavy (non-hydrogen) atoms. The highest BCUT2D eigenvalue weighted by molar-refractivity contribution is 7.13. The molecule has 8 heteroatoms. The predicted octanol–water partition coefficient (Wildman–Crippen LogP) is 4.65. The Morgan fingerprint density at radius 2 is 1.67 bits per heavy atom. The topological polar surface area (TPSA) is 90.3 Å². The van der Waals surface area contributed by atoms with Crippen LogP contribution < -0.4 is 5.43 Å². The third-order valence-corrected chi connectivity index (χ3v) is 5.94. The maximum Gasteiger partial charge on any atom is 0.358 e. The van der Waals surface area contributed by atoms with Crippen LogP contribution in [0.15, 0.2) is 72.1 Å². The third kappa shape index (κ3) is 4.91. The molecule has 0 atom stereocenters. The monoisotopic (exact) mass is 459 g/mol. The summed E-state index contributed by atoms with van der Waals surface area (Å²) >= 11 is 1.33. The minimum Gasteiger partial charge on any atom is -0.453 e. The van der Waals surface area contributed by atoms with Gasteiger partial charge in [0.2, 0.25) is 5.78 Å². The van der Waals surface area contributed by atoms with E-state index >= 15 is 0 Å². The molecule has 0 bridgehead atoms. The Morgan fingerprint density at radius 1 is 1.00 bits per heavy atom. The van der Waals surface area contributed by atoms with Crippen LogP contribution in [-0.2, 0) is 4.74 Å². The van der Waals surface area contributed by atoms with Gasteiger partial charge in [-0.3, -0.25) is 19.7 Å². The van der Waals surface area contributed by atoms with Crippen LogP contribution in [0.1, 0.15) is 42.6 Å². The fourth-order valence-electron chi connectivity index (χ4n) is 3.34. The zero-order valence-corrected chi connectivity index (χ0v) is 18.9. The summed E-state index contributed by atoms with van der Waals surface area (Å²) in [6, 6.07) is 20.0. The predicted molar refractivity (Wildman–Crippen MR) is 126 cm³/mol. The van der Waals surface area contributed by atoms with Gasteiger partial charge in [0.1, 0.15) is 5.01 Å². The van der Waals surface area contributed by atoms with Gasteiger partial charge >= 0.3 is 5.97 Å². The second-order valence-corrected chi connectivity index (χ2v) is 8.19. The van der Waals surface area contributed by atoms with Gasteiger partial charge in [-0.1, -0.05) is 48.5 Å². The van der Waals surface area contributed by atoms with E-state index in [0.29, 0.717) is 27.5 Å². The molecule has 166 valence electrons. The van der Waals surface area contributed by atoms with Crippen molar-refractivity contribution in [1.82, 2.24) is 9.66 Å². The van der Waals surface area contributed by atoms with Gasteiger partial charge < -0.3 is 4.74 Å². The summed E-state index contributed by atoms with van der Waals surface area (Å²) in [4.78, 5) is 41.9. The highest BCUT2D eigenvalue weighted by atomic mass is 32.1. The number of thiazole rings is 1. The maximum absolute atomic E-state index is 12.7. The largest absolute Gasteiger partial charge is 0.453 e. The van der Waals surface area contributed by atoms with Crippen molar-refractivity contribution < 1.29 is 19.1 Å². The van der Waals surface area contributed by atoms with E-state index in [1.54, 1.807) is 54.2 Å². The zero-order chi connectivity index (χ0) is 23.4. The van der Waals surface area contributed by atoms with Crippen molar-refractivity contribution in [1.29, 1.82) is 0 Å². The van der Waals surface area contributed by atoms with E-state index in [1.807, 2.05) is 36.4 Å². The van der Waals surface area contributed by atoms with Crippen molar-refractivity contribution in [2.45, 2.75) is 13.8 Å². The van der Waals surface area contributed by atoms with Gasteiger partial charge in [0.25, 0.3) is 5.91 Å². The molecule has 7 nitrogen and oxygen atoms in total. The lowest BCUT2D eigenvalue weighted by Crippen LogP contribution is -2.25. The molecule has 0 spiro atoms. The second-order valence-electron chi connectivity index (χ2n) is 7.33. The number of ketones is 1. The van der Waals surface area contributed by atoms with Crippen molar-refractivity contribution in [2.75, 3.05) is 12.0 Å². The summed E-state index contributed by atoms with van der Waals surface area (Å²) in [7, 11) is 0. The van der Waals surface area contributed by atoms with Crippen LogP contribution in [-0.4, -0.2) is 33.9 Å². The van der Waals surface area contributed by atoms with Crippen LogP contribution in [0.5, 0.6) is 0 Å². The van der Waals surface area contributed by atoms with E-state index in [4.69, 9.17) is 4.74 Å². The van der Waals surface area contributed by atoms with Crippen molar-refractivity contribution in [3.63, 3.8) is 0 Å². The molecule has 0 aliphatic heterocycles. The Hall–Kier alpha value is -4.04. The molecular formula is C25H21N3O4S. The van der Waals surface area contributed by atoms with E-state index in [0.717, 1.165) is 5.56 Å². The number of hydrogen-bond acceptors (Lipinski definition) is 6. The molecule has 0 saturated carbocycles. The first-order valence-electron chi connectivity index (χ1n) is 10.2.